The number of para-hydroxylation sites is 2. The summed E-state index contributed by atoms with van der Waals surface area (Å²) >= 11 is 0. The van der Waals surface area contributed by atoms with E-state index in [1.165, 1.54) is 4.90 Å². The van der Waals surface area contributed by atoms with Crippen molar-refractivity contribution in [3.05, 3.63) is 84.9 Å². The second-order valence-corrected chi connectivity index (χ2v) is 5.05. The number of methoxy groups -OCH3 is 1. The van der Waals surface area contributed by atoms with Crippen LogP contribution in [0.25, 0.3) is 0 Å². The van der Waals surface area contributed by atoms with Crippen LogP contribution in [0.5, 0.6) is 11.5 Å². The summed E-state index contributed by atoms with van der Waals surface area (Å²) < 4.78 is 10.6. The summed E-state index contributed by atoms with van der Waals surface area (Å²) in [5.41, 5.74) is 1.48. The smallest absolute Gasteiger partial charge is 0.424 e. The number of hydrogen-bond acceptors (Lipinski definition) is 3. The lowest BCUT2D eigenvalue weighted by atomic mass is 10.2. The summed E-state index contributed by atoms with van der Waals surface area (Å²) in [6.07, 6.45) is -0.474. The van der Waals surface area contributed by atoms with Crippen molar-refractivity contribution in [2.45, 2.75) is 0 Å². The number of carbonyl (C=O) groups is 1. The minimum absolute atomic E-state index is 0.456. The van der Waals surface area contributed by atoms with Gasteiger partial charge in [-0.15, -0.1) is 0 Å². The molecule has 0 unspecified atom stereocenters. The Balaban J connectivity index is 1.89. The average molecular weight is 319 g/mol. The Morgan fingerprint density at radius 2 is 1.17 bits per heavy atom. The van der Waals surface area contributed by atoms with Crippen LogP contribution in [0.1, 0.15) is 0 Å². The summed E-state index contributed by atoms with van der Waals surface area (Å²) in [4.78, 5) is 14.3. The van der Waals surface area contributed by atoms with Crippen LogP contribution in [0, 0.1) is 0 Å². The number of rotatable bonds is 4. The van der Waals surface area contributed by atoms with Crippen LogP contribution in [0.4, 0.5) is 16.2 Å². The fourth-order valence-corrected chi connectivity index (χ4v) is 2.30. The SMILES string of the molecule is COc1ccc(OC(=O)N(c2ccccc2)c2ccccc2)cc1. The highest BCUT2D eigenvalue weighted by Gasteiger charge is 2.20. The minimum Gasteiger partial charge on any atom is -0.497 e. The van der Waals surface area contributed by atoms with Crippen LogP contribution < -0.4 is 14.4 Å². The Bertz CT molecular complexity index is 747. The normalized spacial score (nSPS) is 10.0. The molecule has 4 heteroatoms. The van der Waals surface area contributed by atoms with E-state index in [1.807, 2.05) is 60.7 Å². The van der Waals surface area contributed by atoms with Gasteiger partial charge < -0.3 is 9.47 Å². The van der Waals surface area contributed by atoms with Gasteiger partial charge in [-0.05, 0) is 48.5 Å². The Labute approximate surface area is 140 Å². The molecule has 0 aliphatic heterocycles. The predicted molar refractivity (Wildman–Crippen MR) is 94.0 cm³/mol. The molecule has 1 amide bonds. The molecule has 0 fully saturated rings. The maximum Gasteiger partial charge on any atom is 0.424 e. The zero-order valence-electron chi connectivity index (χ0n) is 13.3. The third-order valence-electron chi connectivity index (χ3n) is 3.48. The number of hydrogen-bond donors (Lipinski definition) is 0. The third-order valence-corrected chi connectivity index (χ3v) is 3.48. The molecule has 0 N–H and O–H groups in total. The minimum atomic E-state index is -0.474. The molecule has 0 aliphatic carbocycles. The maximum absolute atomic E-state index is 12.7. The number of anilines is 2. The molecule has 0 saturated heterocycles. The average Bonchev–Trinajstić information content (AvgIpc) is 2.64. The van der Waals surface area contributed by atoms with E-state index in [2.05, 4.69) is 0 Å². The van der Waals surface area contributed by atoms with Crippen LogP contribution in [0.2, 0.25) is 0 Å². The molecule has 3 aromatic rings. The van der Waals surface area contributed by atoms with E-state index in [0.717, 1.165) is 11.4 Å². The quantitative estimate of drug-likeness (QED) is 0.677. The van der Waals surface area contributed by atoms with Crippen molar-refractivity contribution in [3.63, 3.8) is 0 Å². The summed E-state index contributed by atoms with van der Waals surface area (Å²) in [5.74, 6) is 1.16. The van der Waals surface area contributed by atoms with Crippen molar-refractivity contribution >= 4 is 17.5 Å². The standard InChI is InChI=1S/C20H17NO3/c1-23-18-12-14-19(15-13-18)24-20(22)21(16-8-4-2-5-9-16)17-10-6-3-7-11-17/h2-15H,1H3. The van der Waals surface area contributed by atoms with Gasteiger partial charge >= 0.3 is 6.09 Å². The van der Waals surface area contributed by atoms with Gasteiger partial charge in [0.25, 0.3) is 0 Å². The highest BCUT2D eigenvalue weighted by molar-refractivity contribution is 5.97. The Kier molecular flexibility index (Phi) is 4.77. The van der Waals surface area contributed by atoms with Gasteiger partial charge in [-0.3, -0.25) is 0 Å². The fraction of sp³-hybridized carbons (Fsp3) is 0.0500. The predicted octanol–water partition coefficient (Wildman–Crippen LogP) is 5.03. The Morgan fingerprint density at radius 3 is 1.62 bits per heavy atom. The van der Waals surface area contributed by atoms with Gasteiger partial charge in [0.1, 0.15) is 11.5 Å². The van der Waals surface area contributed by atoms with E-state index >= 15 is 0 Å². The van der Waals surface area contributed by atoms with Crippen molar-refractivity contribution in [1.82, 2.24) is 0 Å². The monoisotopic (exact) mass is 319 g/mol. The highest BCUT2D eigenvalue weighted by atomic mass is 16.6. The van der Waals surface area contributed by atoms with Crippen LogP contribution in [-0.4, -0.2) is 13.2 Å². The molecule has 0 radical (unpaired) electrons. The number of nitrogens with zero attached hydrogens (tertiary/aromatic N) is 1. The third kappa shape index (κ3) is 3.55. The van der Waals surface area contributed by atoms with Crippen molar-refractivity contribution in [3.8, 4) is 11.5 Å². The lowest BCUT2D eigenvalue weighted by Crippen LogP contribution is -2.29. The molecule has 0 atom stereocenters. The fourth-order valence-electron chi connectivity index (χ4n) is 2.30. The molecule has 4 nitrogen and oxygen atoms in total. The highest BCUT2D eigenvalue weighted by Crippen LogP contribution is 2.27. The molecular weight excluding hydrogens is 302 g/mol. The summed E-state index contributed by atoms with van der Waals surface area (Å²) in [7, 11) is 1.59. The van der Waals surface area contributed by atoms with E-state index in [9.17, 15) is 4.79 Å². The lowest BCUT2D eigenvalue weighted by molar-refractivity contribution is 0.210. The van der Waals surface area contributed by atoms with E-state index in [-0.39, 0.29) is 0 Å². The van der Waals surface area contributed by atoms with Crippen molar-refractivity contribution in [2.24, 2.45) is 0 Å². The van der Waals surface area contributed by atoms with Gasteiger partial charge in [-0.25, -0.2) is 9.69 Å². The number of ether oxygens (including phenoxy) is 2. The van der Waals surface area contributed by atoms with Gasteiger partial charge in [0.05, 0.1) is 18.5 Å². The summed E-state index contributed by atoms with van der Waals surface area (Å²) in [6.45, 7) is 0. The largest absolute Gasteiger partial charge is 0.497 e. The van der Waals surface area contributed by atoms with E-state index in [1.54, 1.807) is 31.4 Å². The van der Waals surface area contributed by atoms with Gasteiger partial charge in [0.15, 0.2) is 0 Å². The molecule has 0 heterocycles. The molecule has 0 aliphatic rings. The van der Waals surface area contributed by atoms with Gasteiger partial charge in [-0.1, -0.05) is 36.4 Å². The summed E-state index contributed by atoms with van der Waals surface area (Å²) in [6, 6.07) is 25.7. The molecule has 120 valence electrons. The first-order chi connectivity index (χ1) is 11.8. The zero-order valence-corrected chi connectivity index (χ0v) is 13.3. The molecule has 0 spiro atoms. The van der Waals surface area contributed by atoms with Crippen molar-refractivity contribution < 1.29 is 14.3 Å². The van der Waals surface area contributed by atoms with Gasteiger partial charge in [-0.2, -0.15) is 0 Å². The van der Waals surface area contributed by atoms with E-state index in [4.69, 9.17) is 9.47 Å². The van der Waals surface area contributed by atoms with E-state index in [0.29, 0.717) is 11.5 Å². The van der Waals surface area contributed by atoms with Gasteiger partial charge in [0, 0.05) is 0 Å². The molecular formula is C20H17NO3. The van der Waals surface area contributed by atoms with E-state index < -0.39 is 6.09 Å². The van der Waals surface area contributed by atoms with Crippen LogP contribution in [-0.2, 0) is 0 Å². The molecule has 0 bridgehead atoms. The van der Waals surface area contributed by atoms with Crippen LogP contribution in [0.3, 0.4) is 0 Å². The molecule has 0 saturated carbocycles. The molecule has 0 aromatic heterocycles. The molecule has 24 heavy (non-hydrogen) atoms. The first-order valence-corrected chi connectivity index (χ1v) is 7.54. The first kappa shape index (κ1) is 15.6. The number of benzene rings is 3. The van der Waals surface area contributed by atoms with Gasteiger partial charge in [0.2, 0.25) is 0 Å². The second-order valence-electron chi connectivity index (χ2n) is 5.05. The second kappa shape index (κ2) is 7.33. The lowest BCUT2D eigenvalue weighted by Gasteiger charge is -2.22. The first-order valence-electron chi connectivity index (χ1n) is 7.54. The summed E-state index contributed by atoms with van der Waals surface area (Å²) in [5, 5.41) is 0. The molecule has 3 rings (SSSR count). The van der Waals surface area contributed by atoms with Crippen LogP contribution in [0.15, 0.2) is 84.9 Å². The maximum atomic E-state index is 12.7. The molecule has 3 aromatic carbocycles. The van der Waals surface area contributed by atoms with Crippen LogP contribution >= 0.6 is 0 Å². The van der Waals surface area contributed by atoms with Crippen molar-refractivity contribution in [2.75, 3.05) is 12.0 Å². The zero-order chi connectivity index (χ0) is 16.8. The topological polar surface area (TPSA) is 38.8 Å². The van der Waals surface area contributed by atoms with Crippen molar-refractivity contribution in [1.29, 1.82) is 0 Å². The number of carbonyl (C=O) groups excluding carboxylic acids is 1. The number of amides is 1. The Hall–Kier alpha value is -3.27. The Morgan fingerprint density at radius 1 is 0.708 bits per heavy atom.